The maximum atomic E-state index is 12.7. The molecule has 3 aromatic rings. The van der Waals surface area contributed by atoms with Crippen molar-refractivity contribution in [3.63, 3.8) is 0 Å². The number of nitrogens with one attached hydrogen (secondary N) is 3. The third-order valence-corrected chi connectivity index (χ3v) is 5.95. The minimum Gasteiger partial charge on any atom is -0.495 e. The smallest absolute Gasteiger partial charge is 0.417 e. The fourth-order valence-electron chi connectivity index (χ4n) is 3.99. The van der Waals surface area contributed by atoms with E-state index in [2.05, 4.69) is 32.5 Å². The van der Waals surface area contributed by atoms with Crippen molar-refractivity contribution in [2.75, 3.05) is 62.4 Å². The van der Waals surface area contributed by atoms with Crippen LogP contribution in [0.5, 0.6) is 11.5 Å². The molecule has 9 heteroatoms. The molecule has 0 atom stereocenters. The standard InChI is InChI=1S/C26H31N5O4/c1-30-14-16-31(17-15-30)22-18-20(8-9-23(22)34-2)29-26(33)35-24-21(11-13-28-25(24)32)27-12-10-19-6-4-3-5-7-19/h3-9,11,13,18H,10,12,14-17H2,1-2H3,(H,29,33)(H2,27,28,32). The molecule has 0 unspecified atom stereocenters. The van der Waals surface area contributed by atoms with Gasteiger partial charge in [0.25, 0.3) is 5.56 Å². The summed E-state index contributed by atoms with van der Waals surface area (Å²) in [4.78, 5) is 32.2. The summed E-state index contributed by atoms with van der Waals surface area (Å²) in [5.74, 6) is 0.656. The van der Waals surface area contributed by atoms with E-state index in [1.807, 2.05) is 42.5 Å². The van der Waals surface area contributed by atoms with Crippen LogP contribution in [-0.4, -0.2) is 62.9 Å². The highest BCUT2D eigenvalue weighted by Crippen LogP contribution is 2.32. The first kappa shape index (κ1) is 24.2. The van der Waals surface area contributed by atoms with E-state index in [0.717, 1.165) is 44.0 Å². The van der Waals surface area contributed by atoms with E-state index < -0.39 is 11.7 Å². The Bertz CT molecular complexity index is 1190. The highest BCUT2D eigenvalue weighted by Gasteiger charge is 2.19. The molecular formula is C26H31N5O4. The molecule has 3 N–H and O–H groups in total. The van der Waals surface area contributed by atoms with E-state index in [1.165, 1.54) is 11.8 Å². The Morgan fingerprint density at radius 2 is 1.83 bits per heavy atom. The molecule has 1 aliphatic rings. The summed E-state index contributed by atoms with van der Waals surface area (Å²) in [5, 5.41) is 5.92. The third kappa shape index (κ3) is 6.33. The number of amides is 1. The summed E-state index contributed by atoms with van der Waals surface area (Å²) in [5.41, 5.74) is 2.58. The summed E-state index contributed by atoms with van der Waals surface area (Å²) in [6, 6.07) is 17.1. The highest BCUT2D eigenvalue weighted by atomic mass is 16.6. The third-order valence-electron chi connectivity index (χ3n) is 5.95. The molecule has 2 heterocycles. The lowest BCUT2D eigenvalue weighted by Gasteiger charge is -2.34. The number of carbonyl (C=O) groups excluding carboxylic acids is 1. The molecule has 9 nitrogen and oxygen atoms in total. The minimum absolute atomic E-state index is 0.0779. The molecular weight excluding hydrogens is 446 g/mol. The molecule has 1 aromatic heterocycles. The number of nitrogens with zero attached hydrogens (tertiary/aromatic N) is 2. The van der Waals surface area contributed by atoms with Crippen LogP contribution in [0.3, 0.4) is 0 Å². The second-order valence-corrected chi connectivity index (χ2v) is 8.40. The zero-order chi connectivity index (χ0) is 24.6. The first-order valence-electron chi connectivity index (χ1n) is 11.6. The van der Waals surface area contributed by atoms with E-state index in [4.69, 9.17) is 9.47 Å². The predicted molar refractivity (Wildman–Crippen MR) is 138 cm³/mol. The topological polar surface area (TPSA) is 98.9 Å². The van der Waals surface area contributed by atoms with Crippen LogP contribution in [0.15, 0.2) is 65.6 Å². The number of aromatic amines is 1. The first-order chi connectivity index (χ1) is 17.0. The van der Waals surface area contributed by atoms with Gasteiger partial charge < -0.3 is 29.6 Å². The number of anilines is 3. The van der Waals surface area contributed by atoms with Crippen LogP contribution in [0, 0.1) is 0 Å². The number of methoxy groups -OCH3 is 1. The highest BCUT2D eigenvalue weighted by molar-refractivity contribution is 5.88. The van der Waals surface area contributed by atoms with Gasteiger partial charge in [-0.1, -0.05) is 30.3 Å². The van der Waals surface area contributed by atoms with Gasteiger partial charge in [0.15, 0.2) is 0 Å². The van der Waals surface area contributed by atoms with Crippen LogP contribution in [-0.2, 0) is 6.42 Å². The number of likely N-dealkylation sites (N-methyl/N-ethyl adjacent to an activating group) is 1. The Labute approximate surface area is 204 Å². The van der Waals surface area contributed by atoms with Gasteiger partial charge in [0.05, 0.1) is 18.5 Å². The molecule has 0 aliphatic carbocycles. The van der Waals surface area contributed by atoms with Gasteiger partial charge in [-0.2, -0.15) is 0 Å². The normalized spacial score (nSPS) is 13.8. The Kier molecular flexibility index (Phi) is 7.89. The number of ether oxygens (including phenoxy) is 2. The van der Waals surface area contributed by atoms with Crippen LogP contribution in [0.1, 0.15) is 5.56 Å². The summed E-state index contributed by atoms with van der Waals surface area (Å²) >= 11 is 0. The van der Waals surface area contributed by atoms with Crippen LogP contribution in [0.25, 0.3) is 0 Å². The van der Waals surface area contributed by atoms with Crippen molar-refractivity contribution in [2.24, 2.45) is 0 Å². The second kappa shape index (κ2) is 11.4. The minimum atomic E-state index is -0.748. The van der Waals surface area contributed by atoms with Crippen LogP contribution in [0.2, 0.25) is 0 Å². The summed E-state index contributed by atoms with van der Waals surface area (Å²) in [7, 11) is 3.73. The Balaban J connectivity index is 1.43. The lowest BCUT2D eigenvalue weighted by Crippen LogP contribution is -2.44. The fourth-order valence-corrected chi connectivity index (χ4v) is 3.99. The number of rotatable bonds is 8. The van der Waals surface area contributed by atoms with Crippen molar-refractivity contribution in [2.45, 2.75) is 6.42 Å². The van der Waals surface area contributed by atoms with E-state index >= 15 is 0 Å². The van der Waals surface area contributed by atoms with E-state index in [-0.39, 0.29) is 5.75 Å². The molecule has 0 radical (unpaired) electrons. The summed E-state index contributed by atoms with van der Waals surface area (Å²) < 4.78 is 11.0. The quantitative estimate of drug-likeness (QED) is 0.457. The zero-order valence-electron chi connectivity index (χ0n) is 20.0. The van der Waals surface area contributed by atoms with Gasteiger partial charge in [-0.15, -0.1) is 0 Å². The summed E-state index contributed by atoms with van der Waals surface area (Å²) in [6.07, 6.45) is 1.53. The Morgan fingerprint density at radius 1 is 1.06 bits per heavy atom. The maximum Gasteiger partial charge on any atom is 0.417 e. The molecule has 1 fully saturated rings. The van der Waals surface area contributed by atoms with Gasteiger partial charge in [0.2, 0.25) is 5.75 Å². The van der Waals surface area contributed by atoms with Gasteiger partial charge in [0, 0.05) is 44.6 Å². The van der Waals surface area contributed by atoms with Crippen molar-refractivity contribution in [1.29, 1.82) is 0 Å². The van der Waals surface area contributed by atoms with Gasteiger partial charge in [-0.05, 0) is 43.3 Å². The lowest BCUT2D eigenvalue weighted by atomic mass is 10.1. The number of pyridine rings is 1. The monoisotopic (exact) mass is 477 g/mol. The molecule has 0 saturated carbocycles. The van der Waals surface area contributed by atoms with Crippen LogP contribution in [0.4, 0.5) is 21.9 Å². The van der Waals surface area contributed by atoms with Crippen molar-refractivity contribution >= 4 is 23.2 Å². The van der Waals surface area contributed by atoms with Gasteiger partial charge >= 0.3 is 6.09 Å². The molecule has 0 bridgehead atoms. The number of hydrogen-bond donors (Lipinski definition) is 3. The van der Waals surface area contributed by atoms with Crippen molar-refractivity contribution in [3.8, 4) is 11.5 Å². The average molecular weight is 478 g/mol. The Morgan fingerprint density at radius 3 is 2.57 bits per heavy atom. The summed E-state index contributed by atoms with van der Waals surface area (Å²) in [6.45, 7) is 4.19. The van der Waals surface area contributed by atoms with E-state index in [1.54, 1.807) is 19.2 Å². The molecule has 1 aliphatic heterocycles. The zero-order valence-corrected chi connectivity index (χ0v) is 20.0. The maximum absolute atomic E-state index is 12.7. The van der Waals surface area contributed by atoms with E-state index in [0.29, 0.717) is 17.9 Å². The Hall–Kier alpha value is -3.98. The number of H-pyrrole nitrogens is 1. The van der Waals surface area contributed by atoms with Crippen molar-refractivity contribution in [1.82, 2.24) is 9.88 Å². The average Bonchev–Trinajstić information content (AvgIpc) is 2.87. The van der Waals surface area contributed by atoms with Gasteiger partial charge in [-0.25, -0.2) is 4.79 Å². The molecule has 0 spiro atoms. The molecule has 1 amide bonds. The van der Waals surface area contributed by atoms with Gasteiger partial charge in [0.1, 0.15) is 5.75 Å². The van der Waals surface area contributed by atoms with Crippen LogP contribution < -0.4 is 30.6 Å². The molecule has 184 valence electrons. The number of piperazine rings is 1. The fraction of sp³-hybridized carbons (Fsp3) is 0.308. The first-order valence-corrected chi connectivity index (χ1v) is 11.6. The number of carbonyl (C=O) groups is 1. The molecule has 2 aromatic carbocycles. The van der Waals surface area contributed by atoms with Crippen molar-refractivity contribution < 1.29 is 14.3 Å². The predicted octanol–water partition coefficient (Wildman–Crippen LogP) is 3.40. The SMILES string of the molecule is COc1ccc(NC(=O)Oc2c(NCCc3ccccc3)cc[nH]c2=O)cc1N1CCN(C)CC1. The number of aromatic nitrogens is 1. The van der Waals surface area contributed by atoms with Crippen LogP contribution >= 0.6 is 0 Å². The van der Waals surface area contributed by atoms with E-state index in [9.17, 15) is 9.59 Å². The second-order valence-electron chi connectivity index (χ2n) is 8.40. The van der Waals surface area contributed by atoms with Crippen molar-refractivity contribution in [3.05, 3.63) is 76.7 Å². The number of hydrogen-bond acceptors (Lipinski definition) is 7. The molecule has 4 rings (SSSR count). The van der Waals surface area contributed by atoms with Gasteiger partial charge in [-0.3, -0.25) is 10.1 Å². The lowest BCUT2D eigenvalue weighted by molar-refractivity contribution is 0.214. The largest absolute Gasteiger partial charge is 0.495 e. The molecule has 35 heavy (non-hydrogen) atoms. The number of benzene rings is 2. The molecule has 1 saturated heterocycles.